The summed E-state index contributed by atoms with van der Waals surface area (Å²) in [5.41, 5.74) is 11.7. The number of likely N-dealkylation sites (tertiary alicyclic amines) is 1. The molecule has 33 heavy (non-hydrogen) atoms. The van der Waals surface area contributed by atoms with Gasteiger partial charge in [-0.05, 0) is 102 Å². The monoisotopic (exact) mass is 551 g/mol. The molecule has 0 saturated carbocycles. The van der Waals surface area contributed by atoms with Crippen LogP contribution < -0.4 is 5.73 Å². The Morgan fingerprint density at radius 2 is 2.12 bits per heavy atom. The lowest BCUT2D eigenvalue weighted by atomic mass is 9.74. The van der Waals surface area contributed by atoms with Gasteiger partial charge in [-0.15, -0.1) is 0 Å². The second-order valence-electron chi connectivity index (χ2n) is 9.53. The maximum atomic E-state index is 6.42. The molecular weight excluding hydrogens is 518 g/mol. The summed E-state index contributed by atoms with van der Waals surface area (Å²) >= 11 is 14.5. The summed E-state index contributed by atoms with van der Waals surface area (Å²) in [6.45, 7) is 2.78. The fourth-order valence-electron chi connectivity index (χ4n) is 5.76. The SMILES string of the molecule is COCCC[C@H]1CC(C2c3ccc(Cl)cc3CCc3cc(Br)cnc32)CCN1CC(N)CS. The minimum atomic E-state index is 0.107. The quantitative estimate of drug-likeness (QED) is 0.336. The van der Waals surface area contributed by atoms with E-state index in [1.54, 1.807) is 7.11 Å². The number of aryl methyl sites for hydroxylation is 2. The van der Waals surface area contributed by atoms with Crippen LogP contribution in [0.3, 0.4) is 0 Å². The van der Waals surface area contributed by atoms with Crippen LogP contribution in [-0.2, 0) is 17.6 Å². The summed E-state index contributed by atoms with van der Waals surface area (Å²) in [4.78, 5) is 7.59. The Kier molecular flexibility index (Phi) is 9.16. The van der Waals surface area contributed by atoms with E-state index in [-0.39, 0.29) is 6.04 Å². The maximum Gasteiger partial charge on any atom is 0.0514 e. The molecule has 0 radical (unpaired) electrons. The van der Waals surface area contributed by atoms with E-state index in [0.29, 0.717) is 23.6 Å². The highest BCUT2D eigenvalue weighted by Gasteiger charge is 2.37. The minimum Gasteiger partial charge on any atom is -0.385 e. The summed E-state index contributed by atoms with van der Waals surface area (Å²) in [6.07, 6.45) is 8.45. The number of halogens is 2. The molecule has 2 aromatic rings. The zero-order valence-corrected chi connectivity index (χ0v) is 22.6. The van der Waals surface area contributed by atoms with Crippen molar-refractivity contribution in [1.82, 2.24) is 9.88 Å². The molecule has 1 fully saturated rings. The Hall–Kier alpha value is -0.630. The number of ether oxygens (including phenoxy) is 1. The van der Waals surface area contributed by atoms with Crippen LogP contribution in [0.5, 0.6) is 0 Å². The summed E-state index contributed by atoms with van der Waals surface area (Å²) in [7, 11) is 1.78. The summed E-state index contributed by atoms with van der Waals surface area (Å²) in [5.74, 6) is 1.55. The van der Waals surface area contributed by atoms with E-state index < -0.39 is 0 Å². The zero-order valence-electron chi connectivity index (χ0n) is 19.4. The predicted octanol–water partition coefficient (Wildman–Crippen LogP) is 5.49. The molecule has 180 valence electrons. The molecule has 2 aliphatic rings. The Balaban J connectivity index is 1.66. The van der Waals surface area contributed by atoms with Gasteiger partial charge < -0.3 is 10.5 Å². The van der Waals surface area contributed by atoms with Crippen molar-refractivity contribution in [2.24, 2.45) is 11.7 Å². The molecule has 2 heterocycles. The number of aromatic nitrogens is 1. The third-order valence-corrected chi connectivity index (χ3v) is 8.44. The van der Waals surface area contributed by atoms with E-state index in [2.05, 4.69) is 51.7 Å². The van der Waals surface area contributed by atoms with Crippen LogP contribution in [0.2, 0.25) is 5.02 Å². The first-order valence-electron chi connectivity index (χ1n) is 12.0. The number of nitrogens with two attached hydrogens (primary N) is 1. The Morgan fingerprint density at radius 3 is 2.91 bits per heavy atom. The molecule has 7 heteroatoms. The smallest absolute Gasteiger partial charge is 0.0514 e. The molecule has 1 aromatic heterocycles. The first-order valence-corrected chi connectivity index (χ1v) is 13.8. The van der Waals surface area contributed by atoms with Crippen molar-refractivity contribution in [3.63, 3.8) is 0 Å². The van der Waals surface area contributed by atoms with Gasteiger partial charge in [-0.25, -0.2) is 0 Å². The Morgan fingerprint density at radius 1 is 1.30 bits per heavy atom. The first kappa shape index (κ1) is 25.5. The average molecular weight is 553 g/mol. The van der Waals surface area contributed by atoms with E-state index in [4.69, 9.17) is 27.1 Å². The number of hydrogen-bond donors (Lipinski definition) is 2. The summed E-state index contributed by atoms with van der Waals surface area (Å²) < 4.78 is 6.42. The summed E-state index contributed by atoms with van der Waals surface area (Å²) in [6, 6.07) is 9.35. The van der Waals surface area contributed by atoms with Crippen molar-refractivity contribution in [2.45, 2.75) is 56.5 Å². The van der Waals surface area contributed by atoms with Gasteiger partial charge >= 0.3 is 0 Å². The van der Waals surface area contributed by atoms with Gasteiger partial charge in [-0.2, -0.15) is 12.6 Å². The lowest BCUT2D eigenvalue weighted by molar-refractivity contribution is 0.0852. The highest BCUT2D eigenvalue weighted by Crippen LogP contribution is 2.44. The van der Waals surface area contributed by atoms with Crippen molar-refractivity contribution in [2.75, 3.05) is 32.6 Å². The van der Waals surface area contributed by atoms with Gasteiger partial charge in [0.1, 0.15) is 0 Å². The van der Waals surface area contributed by atoms with Crippen LogP contribution >= 0.6 is 40.2 Å². The van der Waals surface area contributed by atoms with Gasteiger partial charge in [0.05, 0.1) is 5.69 Å². The fourth-order valence-corrected chi connectivity index (χ4v) is 6.45. The van der Waals surface area contributed by atoms with Gasteiger partial charge in [0.15, 0.2) is 0 Å². The van der Waals surface area contributed by atoms with E-state index in [0.717, 1.165) is 67.7 Å². The molecule has 1 saturated heterocycles. The number of methoxy groups -OCH3 is 1. The van der Waals surface area contributed by atoms with Crippen LogP contribution in [0.15, 0.2) is 34.9 Å². The summed E-state index contributed by atoms with van der Waals surface area (Å²) in [5, 5.41) is 0.820. The number of thiol groups is 1. The highest BCUT2D eigenvalue weighted by atomic mass is 79.9. The second kappa shape index (κ2) is 11.9. The standard InChI is InChI=1S/C26H35BrClN3OS/c1-32-10-2-3-23-13-18(8-9-31(23)15-22(29)16-33)25-24-7-6-21(28)12-17(24)4-5-19-11-20(27)14-30-26(19)25/h6-7,11-12,14,18,22-23,25,33H,2-5,8-10,13,15-16,29H2,1H3/t18?,22?,23-,25?/m0/s1. The van der Waals surface area contributed by atoms with Gasteiger partial charge in [-0.1, -0.05) is 17.7 Å². The van der Waals surface area contributed by atoms with Crippen LogP contribution in [-0.4, -0.2) is 54.5 Å². The number of nitrogens with zero attached hydrogens (tertiary/aromatic N) is 2. The number of rotatable bonds is 8. The molecule has 0 bridgehead atoms. The normalized spacial score (nSPS) is 24.1. The number of benzene rings is 1. The van der Waals surface area contributed by atoms with Gasteiger partial charge in [0.25, 0.3) is 0 Å². The molecule has 3 unspecified atom stereocenters. The highest BCUT2D eigenvalue weighted by molar-refractivity contribution is 9.10. The van der Waals surface area contributed by atoms with Crippen LogP contribution in [0, 0.1) is 5.92 Å². The van der Waals surface area contributed by atoms with Crippen molar-refractivity contribution < 1.29 is 4.74 Å². The molecule has 4 rings (SSSR count). The molecule has 2 N–H and O–H groups in total. The predicted molar refractivity (Wildman–Crippen MR) is 144 cm³/mol. The van der Waals surface area contributed by atoms with Crippen LogP contribution in [0.4, 0.5) is 0 Å². The maximum absolute atomic E-state index is 6.42. The Labute approximate surface area is 217 Å². The van der Waals surface area contributed by atoms with E-state index in [9.17, 15) is 0 Å². The Bertz CT molecular complexity index is 892. The van der Waals surface area contributed by atoms with Gasteiger partial charge in [0, 0.05) is 59.7 Å². The van der Waals surface area contributed by atoms with Crippen molar-refractivity contribution >= 4 is 40.2 Å². The van der Waals surface area contributed by atoms with E-state index in [1.165, 1.54) is 22.4 Å². The van der Waals surface area contributed by atoms with Crippen molar-refractivity contribution in [3.8, 4) is 0 Å². The lowest BCUT2D eigenvalue weighted by Gasteiger charge is -2.43. The fraction of sp³-hybridized carbons (Fsp3) is 0.577. The second-order valence-corrected chi connectivity index (χ2v) is 11.2. The number of hydrogen-bond acceptors (Lipinski definition) is 5. The van der Waals surface area contributed by atoms with Gasteiger partial charge in [0.2, 0.25) is 0 Å². The molecule has 0 amide bonds. The molecule has 1 aliphatic carbocycles. The third kappa shape index (κ3) is 6.14. The van der Waals surface area contributed by atoms with E-state index >= 15 is 0 Å². The zero-order chi connectivity index (χ0) is 23.4. The molecule has 1 aromatic carbocycles. The third-order valence-electron chi connectivity index (χ3n) is 7.31. The van der Waals surface area contributed by atoms with Crippen molar-refractivity contribution in [1.29, 1.82) is 0 Å². The molecule has 0 spiro atoms. The van der Waals surface area contributed by atoms with Gasteiger partial charge in [-0.3, -0.25) is 9.88 Å². The number of piperidine rings is 1. The van der Waals surface area contributed by atoms with Crippen molar-refractivity contribution in [3.05, 3.63) is 62.3 Å². The topological polar surface area (TPSA) is 51.4 Å². The number of fused-ring (bicyclic) bond motifs is 2. The molecule has 4 atom stereocenters. The molecular formula is C26H35BrClN3OS. The lowest BCUT2D eigenvalue weighted by Crippen LogP contribution is -2.49. The average Bonchev–Trinajstić information content (AvgIpc) is 2.96. The molecule has 4 nitrogen and oxygen atoms in total. The first-order chi connectivity index (χ1) is 16.0. The molecule has 1 aliphatic heterocycles. The van der Waals surface area contributed by atoms with Crippen LogP contribution in [0.1, 0.15) is 54.0 Å². The number of pyridine rings is 1. The van der Waals surface area contributed by atoms with Crippen LogP contribution in [0.25, 0.3) is 0 Å². The largest absolute Gasteiger partial charge is 0.385 e. The minimum absolute atomic E-state index is 0.107. The van der Waals surface area contributed by atoms with E-state index in [1.807, 2.05) is 12.3 Å².